The maximum atomic E-state index is 13.4. The standard InChI is InChI=1S/C18H13BrF3N5O2/c19-12-2-1-3-13(8-12)26-16-24-10-14(15(27-16)18(20,21)22)29-17(28)25-9-11-4-6-23-7-5-11/h1-8,10H,9H2,(H,25,28)(H,24,26,27). The van der Waals surface area contributed by atoms with E-state index in [4.69, 9.17) is 4.74 Å². The van der Waals surface area contributed by atoms with Crippen LogP contribution in [0.2, 0.25) is 0 Å². The lowest BCUT2D eigenvalue weighted by Crippen LogP contribution is -2.27. The normalized spacial score (nSPS) is 11.0. The van der Waals surface area contributed by atoms with Gasteiger partial charge >= 0.3 is 12.3 Å². The summed E-state index contributed by atoms with van der Waals surface area (Å²) >= 11 is 3.26. The molecule has 0 fully saturated rings. The first-order chi connectivity index (χ1) is 13.8. The number of ether oxygens (including phenoxy) is 1. The van der Waals surface area contributed by atoms with E-state index in [1.54, 1.807) is 36.4 Å². The van der Waals surface area contributed by atoms with Crippen LogP contribution in [0, 0.1) is 0 Å². The van der Waals surface area contributed by atoms with Gasteiger partial charge in [0.2, 0.25) is 5.95 Å². The Bertz CT molecular complexity index is 1000. The molecule has 3 rings (SSSR count). The Balaban J connectivity index is 1.74. The second-order valence-electron chi connectivity index (χ2n) is 5.64. The van der Waals surface area contributed by atoms with E-state index in [0.717, 1.165) is 10.7 Å². The summed E-state index contributed by atoms with van der Waals surface area (Å²) in [5.74, 6) is -1.09. The number of carbonyl (C=O) groups excluding carboxylic acids is 1. The van der Waals surface area contributed by atoms with Crippen LogP contribution in [0.5, 0.6) is 5.75 Å². The number of nitrogens with one attached hydrogen (secondary N) is 2. The number of anilines is 2. The predicted molar refractivity (Wildman–Crippen MR) is 102 cm³/mol. The van der Waals surface area contributed by atoms with Gasteiger partial charge in [-0.15, -0.1) is 0 Å². The fraction of sp³-hybridized carbons (Fsp3) is 0.111. The van der Waals surface area contributed by atoms with Gasteiger partial charge in [-0.3, -0.25) is 4.98 Å². The number of hydrogen-bond donors (Lipinski definition) is 2. The molecule has 3 aromatic rings. The second-order valence-corrected chi connectivity index (χ2v) is 6.55. The van der Waals surface area contributed by atoms with Crippen molar-refractivity contribution in [2.75, 3.05) is 5.32 Å². The van der Waals surface area contributed by atoms with Crippen molar-refractivity contribution in [3.8, 4) is 5.75 Å². The van der Waals surface area contributed by atoms with Crippen LogP contribution in [0.25, 0.3) is 0 Å². The molecule has 1 amide bonds. The predicted octanol–water partition coefficient (Wildman–Crippen LogP) is 4.69. The molecule has 0 aliphatic rings. The lowest BCUT2D eigenvalue weighted by Gasteiger charge is -2.14. The largest absolute Gasteiger partial charge is 0.437 e. The number of hydrogen-bond acceptors (Lipinski definition) is 6. The highest BCUT2D eigenvalue weighted by Gasteiger charge is 2.38. The van der Waals surface area contributed by atoms with Crippen LogP contribution in [-0.2, 0) is 12.7 Å². The summed E-state index contributed by atoms with van der Waals surface area (Å²) in [7, 11) is 0. The lowest BCUT2D eigenvalue weighted by atomic mass is 10.3. The monoisotopic (exact) mass is 467 g/mol. The van der Waals surface area contributed by atoms with Gasteiger partial charge < -0.3 is 15.4 Å². The highest BCUT2D eigenvalue weighted by molar-refractivity contribution is 9.10. The number of amides is 1. The molecule has 0 aliphatic carbocycles. The van der Waals surface area contributed by atoms with E-state index in [-0.39, 0.29) is 12.5 Å². The minimum Gasteiger partial charge on any atom is -0.406 e. The van der Waals surface area contributed by atoms with E-state index in [2.05, 4.69) is 41.5 Å². The van der Waals surface area contributed by atoms with Crippen molar-refractivity contribution in [1.29, 1.82) is 0 Å². The van der Waals surface area contributed by atoms with Crippen LogP contribution < -0.4 is 15.4 Å². The van der Waals surface area contributed by atoms with Crippen molar-refractivity contribution in [2.45, 2.75) is 12.7 Å². The van der Waals surface area contributed by atoms with Crippen LogP contribution in [0.3, 0.4) is 0 Å². The zero-order chi connectivity index (χ0) is 20.9. The molecule has 7 nitrogen and oxygen atoms in total. The molecule has 0 bridgehead atoms. The third-order valence-electron chi connectivity index (χ3n) is 3.49. The molecule has 0 atom stereocenters. The summed E-state index contributed by atoms with van der Waals surface area (Å²) in [6.45, 7) is 0.0616. The Hall–Kier alpha value is -3.21. The Morgan fingerprint density at radius 3 is 2.62 bits per heavy atom. The van der Waals surface area contributed by atoms with Crippen LogP contribution in [0.1, 0.15) is 11.3 Å². The first kappa shape index (κ1) is 20.5. The molecule has 29 heavy (non-hydrogen) atoms. The molecule has 2 heterocycles. The molecule has 1 aromatic carbocycles. The van der Waals surface area contributed by atoms with Crippen molar-refractivity contribution in [3.05, 3.63) is 70.7 Å². The highest BCUT2D eigenvalue weighted by Crippen LogP contribution is 2.35. The fourth-order valence-corrected chi connectivity index (χ4v) is 2.61. The van der Waals surface area contributed by atoms with Gasteiger partial charge in [-0.1, -0.05) is 22.0 Å². The van der Waals surface area contributed by atoms with Crippen molar-refractivity contribution in [3.63, 3.8) is 0 Å². The second kappa shape index (κ2) is 8.86. The molecular formula is C18H13BrF3N5O2. The van der Waals surface area contributed by atoms with Gasteiger partial charge in [-0.05, 0) is 35.9 Å². The Morgan fingerprint density at radius 1 is 1.17 bits per heavy atom. The first-order valence-corrected chi connectivity index (χ1v) is 8.92. The summed E-state index contributed by atoms with van der Waals surface area (Å²) in [4.78, 5) is 23.0. The topological polar surface area (TPSA) is 89.0 Å². The van der Waals surface area contributed by atoms with Crippen molar-refractivity contribution in [1.82, 2.24) is 20.3 Å². The van der Waals surface area contributed by atoms with E-state index in [9.17, 15) is 18.0 Å². The maximum absolute atomic E-state index is 13.4. The number of pyridine rings is 1. The lowest BCUT2D eigenvalue weighted by molar-refractivity contribution is -0.142. The number of nitrogens with zero attached hydrogens (tertiary/aromatic N) is 3. The van der Waals surface area contributed by atoms with Crippen LogP contribution in [0.4, 0.5) is 29.6 Å². The van der Waals surface area contributed by atoms with Gasteiger partial charge in [0.25, 0.3) is 0 Å². The van der Waals surface area contributed by atoms with E-state index in [1.807, 2.05) is 0 Å². The summed E-state index contributed by atoms with van der Waals surface area (Å²) < 4.78 is 45.7. The Morgan fingerprint density at radius 2 is 1.93 bits per heavy atom. The molecule has 0 saturated carbocycles. The van der Waals surface area contributed by atoms with Crippen LogP contribution >= 0.6 is 15.9 Å². The Kier molecular flexibility index (Phi) is 6.27. The summed E-state index contributed by atoms with van der Waals surface area (Å²) in [6, 6.07) is 10.0. The van der Waals surface area contributed by atoms with E-state index in [1.165, 1.54) is 12.4 Å². The number of aromatic nitrogens is 3. The number of halogens is 4. The summed E-state index contributed by atoms with van der Waals surface area (Å²) in [6.07, 6.45) is -2.08. The van der Waals surface area contributed by atoms with E-state index in [0.29, 0.717) is 11.3 Å². The quantitative estimate of drug-likeness (QED) is 0.565. The van der Waals surface area contributed by atoms with Gasteiger partial charge in [-0.25, -0.2) is 14.8 Å². The number of alkyl halides is 3. The third-order valence-corrected chi connectivity index (χ3v) is 3.99. The number of carbonyl (C=O) groups is 1. The summed E-state index contributed by atoms with van der Waals surface area (Å²) in [5, 5.41) is 5.02. The minimum absolute atomic E-state index is 0.0616. The Labute approximate surface area is 171 Å². The van der Waals surface area contributed by atoms with Crippen LogP contribution in [0.15, 0.2) is 59.5 Å². The molecule has 0 spiro atoms. The molecule has 150 valence electrons. The average Bonchev–Trinajstić information content (AvgIpc) is 2.68. The van der Waals surface area contributed by atoms with Gasteiger partial charge in [-0.2, -0.15) is 13.2 Å². The van der Waals surface area contributed by atoms with Gasteiger partial charge in [0.1, 0.15) is 0 Å². The molecule has 2 aromatic heterocycles. The molecule has 0 saturated heterocycles. The minimum atomic E-state index is -4.85. The molecule has 0 aliphatic heterocycles. The maximum Gasteiger partial charge on any atom is 0.437 e. The van der Waals surface area contributed by atoms with Gasteiger partial charge in [0, 0.05) is 29.1 Å². The van der Waals surface area contributed by atoms with E-state index < -0.39 is 23.7 Å². The van der Waals surface area contributed by atoms with Crippen molar-refractivity contribution < 1.29 is 22.7 Å². The summed E-state index contributed by atoms with van der Waals surface area (Å²) in [5.41, 5.74) is -0.182. The SMILES string of the molecule is O=C(NCc1ccncc1)Oc1cnc(Nc2cccc(Br)c2)nc1C(F)(F)F. The first-order valence-electron chi connectivity index (χ1n) is 8.12. The molecule has 11 heteroatoms. The third kappa shape index (κ3) is 5.88. The van der Waals surface area contributed by atoms with Crippen molar-refractivity contribution >= 4 is 33.7 Å². The molecule has 2 N–H and O–H groups in total. The van der Waals surface area contributed by atoms with Crippen LogP contribution in [-0.4, -0.2) is 21.0 Å². The van der Waals surface area contributed by atoms with Gasteiger partial charge in [0.05, 0.1) is 6.20 Å². The van der Waals surface area contributed by atoms with Crippen molar-refractivity contribution in [2.24, 2.45) is 0 Å². The number of benzene rings is 1. The zero-order valence-corrected chi connectivity index (χ0v) is 16.2. The average molecular weight is 468 g/mol. The van der Waals surface area contributed by atoms with Gasteiger partial charge in [0.15, 0.2) is 11.4 Å². The zero-order valence-electron chi connectivity index (χ0n) is 14.6. The number of rotatable bonds is 5. The molecule has 0 unspecified atom stereocenters. The fourth-order valence-electron chi connectivity index (χ4n) is 2.21. The molecule has 0 radical (unpaired) electrons. The molecular weight excluding hydrogens is 455 g/mol. The van der Waals surface area contributed by atoms with E-state index >= 15 is 0 Å². The highest BCUT2D eigenvalue weighted by atomic mass is 79.9. The smallest absolute Gasteiger partial charge is 0.406 e.